The third kappa shape index (κ3) is 2.78. The van der Waals surface area contributed by atoms with Gasteiger partial charge in [-0.1, -0.05) is 41.9 Å². The lowest BCUT2D eigenvalue weighted by Gasteiger charge is -2.06. The number of nitrogens with two attached hydrogens (primary N) is 1. The average molecular weight is 364 g/mol. The lowest BCUT2D eigenvalue weighted by molar-refractivity contribution is 0.0995. The maximum atomic E-state index is 12.6. The summed E-state index contributed by atoms with van der Waals surface area (Å²) in [6.07, 6.45) is 0. The fraction of sp³-hybridized carbons (Fsp3) is 0. The maximum Gasteiger partial charge on any atom is 0.272 e. The highest BCUT2D eigenvalue weighted by Gasteiger charge is 2.13. The number of benzene rings is 3. The van der Waals surface area contributed by atoms with Crippen molar-refractivity contribution in [1.82, 2.24) is 4.98 Å². The lowest BCUT2D eigenvalue weighted by Crippen LogP contribution is -2.15. The summed E-state index contributed by atoms with van der Waals surface area (Å²) in [5.41, 5.74) is 7.19. The van der Waals surface area contributed by atoms with Gasteiger partial charge < -0.3 is 16.0 Å². The SMILES string of the molecule is NC(=O)c1cc(NC(=O)c2cc3c(ccc4ccccc43)[nH]2)ccc1Cl. The van der Waals surface area contributed by atoms with Crippen LogP contribution in [0.15, 0.2) is 60.7 Å². The minimum absolute atomic E-state index is 0.159. The molecule has 0 aliphatic heterocycles. The molecule has 2 amide bonds. The number of aromatic amines is 1. The number of nitrogens with one attached hydrogen (secondary N) is 2. The molecule has 0 bridgehead atoms. The molecule has 1 aromatic heterocycles. The topological polar surface area (TPSA) is 88.0 Å². The number of rotatable bonds is 3. The van der Waals surface area contributed by atoms with Crippen molar-refractivity contribution in [3.8, 4) is 0 Å². The third-order valence-corrected chi connectivity index (χ3v) is 4.59. The van der Waals surface area contributed by atoms with Crippen molar-refractivity contribution >= 4 is 50.8 Å². The molecule has 0 unspecified atom stereocenters. The van der Waals surface area contributed by atoms with E-state index in [1.54, 1.807) is 6.07 Å². The molecule has 6 heteroatoms. The minimum atomic E-state index is -0.650. The van der Waals surface area contributed by atoms with Gasteiger partial charge in [0.05, 0.1) is 10.6 Å². The molecule has 128 valence electrons. The van der Waals surface area contributed by atoms with Gasteiger partial charge in [-0.2, -0.15) is 0 Å². The highest BCUT2D eigenvalue weighted by atomic mass is 35.5. The minimum Gasteiger partial charge on any atom is -0.366 e. The van der Waals surface area contributed by atoms with Crippen molar-refractivity contribution in [1.29, 1.82) is 0 Å². The molecule has 0 fully saturated rings. The number of amides is 2. The van der Waals surface area contributed by atoms with Gasteiger partial charge in [-0.25, -0.2) is 0 Å². The first kappa shape index (κ1) is 16.2. The molecular weight excluding hydrogens is 350 g/mol. The summed E-state index contributed by atoms with van der Waals surface area (Å²) in [4.78, 5) is 27.1. The Kier molecular flexibility index (Phi) is 3.86. The highest BCUT2D eigenvalue weighted by Crippen LogP contribution is 2.26. The summed E-state index contributed by atoms with van der Waals surface area (Å²) in [5.74, 6) is -0.966. The van der Waals surface area contributed by atoms with E-state index in [4.69, 9.17) is 17.3 Å². The van der Waals surface area contributed by atoms with Crippen LogP contribution in [0.5, 0.6) is 0 Å². The lowest BCUT2D eigenvalue weighted by atomic mass is 10.1. The number of carbonyl (C=O) groups excluding carboxylic acids is 2. The molecule has 26 heavy (non-hydrogen) atoms. The van der Waals surface area contributed by atoms with Crippen molar-refractivity contribution < 1.29 is 9.59 Å². The summed E-state index contributed by atoms with van der Waals surface area (Å²) in [5, 5.41) is 6.15. The van der Waals surface area contributed by atoms with Crippen LogP contribution in [-0.4, -0.2) is 16.8 Å². The molecule has 0 saturated carbocycles. The predicted molar refractivity (Wildman–Crippen MR) is 104 cm³/mol. The second kappa shape index (κ2) is 6.20. The molecule has 0 saturated heterocycles. The van der Waals surface area contributed by atoms with E-state index >= 15 is 0 Å². The van der Waals surface area contributed by atoms with E-state index in [0.29, 0.717) is 11.4 Å². The van der Waals surface area contributed by atoms with E-state index in [2.05, 4.69) is 10.3 Å². The fourth-order valence-corrected chi connectivity index (χ4v) is 3.21. The Hall–Kier alpha value is -3.31. The molecule has 0 spiro atoms. The summed E-state index contributed by atoms with van der Waals surface area (Å²) in [7, 11) is 0. The molecular formula is C20H14ClN3O2. The molecule has 0 aliphatic rings. The van der Waals surface area contributed by atoms with Crippen LogP contribution in [0.3, 0.4) is 0 Å². The van der Waals surface area contributed by atoms with E-state index in [9.17, 15) is 9.59 Å². The molecule has 0 aliphatic carbocycles. The molecule has 4 rings (SSSR count). The van der Waals surface area contributed by atoms with Gasteiger partial charge in [-0.15, -0.1) is 0 Å². The second-order valence-corrected chi connectivity index (χ2v) is 6.35. The van der Waals surface area contributed by atoms with Crippen LogP contribution in [-0.2, 0) is 0 Å². The first-order chi connectivity index (χ1) is 12.5. The molecule has 0 radical (unpaired) electrons. The van der Waals surface area contributed by atoms with Crippen LogP contribution in [0.4, 0.5) is 5.69 Å². The zero-order valence-electron chi connectivity index (χ0n) is 13.5. The van der Waals surface area contributed by atoms with E-state index in [1.165, 1.54) is 12.1 Å². The predicted octanol–water partition coefficient (Wildman–Crippen LogP) is 4.33. The Morgan fingerprint density at radius 2 is 1.77 bits per heavy atom. The maximum absolute atomic E-state index is 12.6. The first-order valence-corrected chi connectivity index (χ1v) is 8.32. The third-order valence-electron chi connectivity index (χ3n) is 4.26. The summed E-state index contributed by atoms with van der Waals surface area (Å²) in [6.45, 7) is 0. The number of hydrogen-bond acceptors (Lipinski definition) is 2. The summed E-state index contributed by atoms with van der Waals surface area (Å²) < 4.78 is 0. The standard InChI is InChI=1S/C20H14ClN3O2/c21-16-7-6-12(9-15(16)19(22)25)23-20(26)18-10-14-13-4-2-1-3-11(13)5-8-17(14)24-18/h1-10,24H,(H2,22,25)(H,23,26). The van der Waals surface area contributed by atoms with Crippen LogP contribution in [0, 0.1) is 0 Å². The number of fused-ring (bicyclic) bond motifs is 3. The van der Waals surface area contributed by atoms with Crippen molar-refractivity contribution in [2.45, 2.75) is 0 Å². The van der Waals surface area contributed by atoms with Gasteiger partial charge in [-0.05, 0) is 41.1 Å². The Bertz CT molecular complexity index is 1180. The van der Waals surface area contributed by atoms with Crippen LogP contribution in [0.1, 0.15) is 20.8 Å². The summed E-state index contributed by atoms with van der Waals surface area (Å²) in [6, 6.07) is 18.4. The Morgan fingerprint density at radius 3 is 2.58 bits per heavy atom. The monoisotopic (exact) mass is 363 g/mol. The number of aromatic nitrogens is 1. The van der Waals surface area contributed by atoms with Gasteiger partial charge in [0.15, 0.2) is 0 Å². The largest absolute Gasteiger partial charge is 0.366 e. The van der Waals surface area contributed by atoms with Crippen LogP contribution < -0.4 is 11.1 Å². The number of anilines is 1. The van der Waals surface area contributed by atoms with Gasteiger partial charge >= 0.3 is 0 Å². The molecule has 3 aromatic carbocycles. The number of H-pyrrole nitrogens is 1. The highest BCUT2D eigenvalue weighted by molar-refractivity contribution is 6.34. The second-order valence-electron chi connectivity index (χ2n) is 5.94. The van der Waals surface area contributed by atoms with Gasteiger partial charge in [0, 0.05) is 16.6 Å². The van der Waals surface area contributed by atoms with Crippen molar-refractivity contribution in [2.75, 3.05) is 5.32 Å². The number of hydrogen-bond donors (Lipinski definition) is 3. The molecule has 5 nitrogen and oxygen atoms in total. The average Bonchev–Trinajstić information content (AvgIpc) is 3.08. The van der Waals surface area contributed by atoms with Crippen LogP contribution in [0.2, 0.25) is 5.02 Å². The van der Waals surface area contributed by atoms with Crippen LogP contribution >= 0.6 is 11.6 Å². The normalized spacial score (nSPS) is 11.0. The van der Waals surface area contributed by atoms with Gasteiger partial charge in [-0.3, -0.25) is 9.59 Å². The zero-order valence-corrected chi connectivity index (χ0v) is 14.3. The van der Waals surface area contributed by atoms with Gasteiger partial charge in [0.1, 0.15) is 5.69 Å². The van der Waals surface area contributed by atoms with E-state index in [-0.39, 0.29) is 16.5 Å². The number of primary amides is 1. The number of halogens is 1. The van der Waals surface area contributed by atoms with E-state index < -0.39 is 5.91 Å². The van der Waals surface area contributed by atoms with Crippen molar-refractivity contribution in [3.63, 3.8) is 0 Å². The molecule has 0 atom stereocenters. The quantitative estimate of drug-likeness (QED) is 0.506. The van der Waals surface area contributed by atoms with E-state index in [0.717, 1.165) is 21.7 Å². The summed E-state index contributed by atoms with van der Waals surface area (Å²) >= 11 is 5.93. The Morgan fingerprint density at radius 1 is 0.962 bits per heavy atom. The Balaban J connectivity index is 1.69. The molecule has 1 heterocycles. The first-order valence-electron chi connectivity index (χ1n) is 7.94. The smallest absolute Gasteiger partial charge is 0.272 e. The van der Waals surface area contributed by atoms with Gasteiger partial charge in [0.2, 0.25) is 5.91 Å². The van der Waals surface area contributed by atoms with Crippen LogP contribution in [0.25, 0.3) is 21.7 Å². The van der Waals surface area contributed by atoms with Gasteiger partial charge in [0.25, 0.3) is 5.91 Å². The van der Waals surface area contributed by atoms with Crippen molar-refractivity contribution in [2.24, 2.45) is 5.73 Å². The fourth-order valence-electron chi connectivity index (χ4n) is 3.00. The molecule has 4 aromatic rings. The number of carbonyl (C=O) groups is 2. The Labute approximate surface area is 153 Å². The van der Waals surface area contributed by atoms with Crippen molar-refractivity contribution in [3.05, 3.63) is 76.9 Å². The molecule has 4 N–H and O–H groups in total. The van der Waals surface area contributed by atoms with E-state index in [1.807, 2.05) is 42.5 Å². The zero-order chi connectivity index (χ0) is 18.3.